The molecule has 10 nitrogen and oxygen atoms in total. The number of nitrogens with one attached hydrogen (secondary N) is 1. The highest BCUT2D eigenvalue weighted by Crippen LogP contribution is 2.39. The van der Waals surface area contributed by atoms with Crippen molar-refractivity contribution in [3.63, 3.8) is 0 Å². The quantitative estimate of drug-likeness (QED) is 0.0965. The van der Waals surface area contributed by atoms with Gasteiger partial charge in [0.15, 0.2) is 0 Å². The summed E-state index contributed by atoms with van der Waals surface area (Å²) in [6, 6.07) is 28.2. The molecule has 0 aliphatic carbocycles. The molecule has 1 fully saturated rings. The molecule has 2 aliphatic rings. The number of anilines is 2. The number of nitro groups is 1. The molecule has 3 unspecified atom stereocenters. The van der Waals surface area contributed by atoms with Crippen molar-refractivity contribution in [1.82, 2.24) is 5.01 Å². The third-order valence-electron chi connectivity index (χ3n) is 8.30. The number of rotatable bonds is 9. The van der Waals surface area contributed by atoms with Gasteiger partial charge in [0.05, 0.1) is 28.7 Å². The lowest BCUT2D eigenvalue weighted by Crippen LogP contribution is -2.58. The van der Waals surface area contributed by atoms with Crippen LogP contribution in [0.2, 0.25) is 0 Å². The number of aliphatic hydroxyl groups is 1. The average molecular weight is 669 g/mol. The van der Waals surface area contributed by atoms with Gasteiger partial charge in [-0.25, -0.2) is 9.91 Å². The van der Waals surface area contributed by atoms with Crippen molar-refractivity contribution < 1.29 is 19.6 Å². The van der Waals surface area contributed by atoms with Crippen molar-refractivity contribution >= 4 is 44.8 Å². The van der Waals surface area contributed by atoms with Gasteiger partial charge in [-0.1, -0.05) is 82.7 Å². The van der Waals surface area contributed by atoms with E-state index in [1.165, 1.54) is 29.2 Å². The smallest absolute Gasteiger partial charge is 0.269 e. The van der Waals surface area contributed by atoms with Crippen LogP contribution in [0.5, 0.6) is 0 Å². The van der Waals surface area contributed by atoms with E-state index < -0.39 is 46.8 Å². The summed E-state index contributed by atoms with van der Waals surface area (Å²) in [5.74, 6) is -2.18. The van der Waals surface area contributed by atoms with Crippen LogP contribution >= 0.6 is 15.9 Å². The SMILES string of the molecule is NCc1ccc(N2C(=O)C3C=CC([C@@H](O)C(c4ccccc4)c4ccc(Br)cc4)N(Nc4ccc([N+](=O)[O-])cc4)[C@@H]3C2=O)cc1. The van der Waals surface area contributed by atoms with Gasteiger partial charge < -0.3 is 16.3 Å². The minimum atomic E-state index is -1.09. The van der Waals surface area contributed by atoms with E-state index in [4.69, 9.17) is 5.73 Å². The first kappa shape index (κ1) is 30.4. The number of benzene rings is 4. The number of hydrazine groups is 1. The lowest BCUT2D eigenvalue weighted by molar-refractivity contribution is -0.384. The molecule has 11 heteroatoms. The van der Waals surface area contributed by atoms with Crippen LogP contribution in [0.4, 0.5) is 17.1 Å². The van der Waals surface area contributed by atoms with Gasteiger partial charge in [-0.3, -0.25) is 19.7 Å². The van der Waals surface area contributed by atoms with E-state index in [9.17, 15) is 24.8 Å². The van der Waals surface area contributed by atoms with E-state index >= 15 is 0 Å². The number of fused-ring (bicyclic) bond motifs is 1. The first-order valence-corrected chi connectivity index (χ1v) is 15.2. The third-order valence-corrected chi connectivity index (χ3v) is 8.83. The third kappa shape index (κ3) is 5.90. The summed E-state index contributed by atoms with van der Waals surface area (Å²) < 4.78 is 0.893. The molecular weight excluding hydrogens is 638 g/mol. The molecule has 0 saturated carbocycles. The normalized spacial score (nSPS) is 21.0. The largest absolute Gasteiger partial charge is 0.390 e. The average Bonchev–Trinajstić information content (AvgIpc) is 3.32. The Bertz CT molecular complexity index is 1730. The van der Waals surface area contributed by atoms with Crippen LogP contribution in [0.15, 0.2) is 120 Å². The molecule has 4 aromatic carbocycles. The summed E-state index contributed by atoms with van der Waals surface area (Å²) in [6.07, 6.45) is 2.37. The second-order valence-electron chi connectivity index (χ2n) is 11.0. The number of nitrogens with two attached hydrogens (primary N) is 1. The minimum absolute atomic E-state index is 0.0906. The van der Waals surface area contributed by atoms with Crippen LogP contribution in [0.25, 0.3) is 0 Å². The van der Waals surface area contributed by atoms with Crippen molar-refractivity contribution in [2.75, 3.05) is 10.3 Å². The molecular formula is C34H30BrN5O5. The molecule has 4 aromatic rings. The maximum atomic E-state index is 14.2. The Morgan fingerprint density at radius 3 is 2.13 bits per heavy atom. The van der Waals surface area contributed by atoms with Gasteiger partial charge in [0, 0.05) is 34.8 Å². The highest BCUT2D eigenvalue weighted by atomic mass is 79.9. The zero-order valence-electron chi connectivity index (χ0n) is 23.9. The number of carbonyl (C=O) groups excluding carboxylic acids is 2. The summed E-state index contributed by atoms with van der Waals surface area (Å²) in [7, 11) is 0. The maximum Gasteiger partial charge on any atom is 0.269 e. The number of hydrogen-bond acceptors (Lipinski definition) is 8. The number of aliphatic hydroxyl groups excluding tert-OH is 1. The molecule has 2 amide bonds. The molecule has 2 aliphatic heterocycles. The molecule has 5 atom stereocenters. The van der Waals surface area contributed by atoms with Crippen molar-refractivity contribution in [3.05, 3.63) is 147 Å². The van der Waals surface area contributed by atoms with E-state index in [1.807, 2.05) is 54.6 Å². The van der Waals surface area contributed by atoms with Crippen LogP contribution in [0, 0.1) is 16.0 Å². The Morgan fingerprint density at radius 1 is 0.867 bits per heavy atom. The Labute approximate surface area is 268 Å². The topological polar surface area (TPSA) is 142 Å². The summed E-state index contributed by atoms with van der Waals surface area (Å²) in [4.78, 5) is 39.9. The maximum absolute atomic E-state index is 14.2. The molecule has 0 spiro atoms. The number of hydrogen-bond donors (Lipinski definition) is 3. The van der Waals surface area contributed by atoms with Crippen molar-refractivity contribution in [3.8, 4) is 0 Å². The molecule has 45 heavy (non-hydrogen) atoms. The molecule has 4 N–H and O–H groups in total. The van der Waals surface area contributed by atoms with E-state index in [0.717, 1.165) is 21.2 Å². The molecule has 0 aromatic heterocycles. The first-order chi connectivity index (χ1) is 21.8. The summed E-state index contributed by atoms with van der Waals surface area (Å²) >= 11 is 3.49. The number of halogens is 1. The summed E-state index contributed by atoms with van der Waals surface area (Å²) in [5, 5.41) is 25.1. The van der Waals surface area contributed by atoms with Crippen molar-refractivity contribution in [2.45, 2.75) is 30.7 Å². The Hall–Kier alpha value is -4.68. The summed E-state index contributed by atoms with van der Waals surface area (Å²) in [5.41, 5.74) is 12.4. The van der Waals surface area contributed by atoms with Gasteiger partial charge in [0.25, 0.3) is 11.6 Å². The zero-order valence-corrected chi connectivity index (χ0v) is 25.5. The second-order valence-corrected chi connectivity index (χ2v) is 11.9. The zero-order chi connectivity index (χ0) is 31.7. The Balaban J connectivity index is 1.42. The van der Waals surface area contributed by atoms with Crippen LogP contribution in [0.3, 0.4) is 0 Å². The van der Waals surface area contributed by atoms with Crippen LogP contribution in [0.1, 0.15) is 22.6 Å². The van der Waals surface area contributed by atoms with Gasteiger partial charge in [-0.2, -0.15) is 0 Å². The number of nitro benzene ring substituents is 1. The van der Waals surface area contributed by atoms with E-state index in [0.29, 0.717) is 17.9 Å². The molecule has 228 valence electrons. The molecule has 0 radical (unpaired) electrons. The lowest BCUT2D eigenvalue weighted by Gasteiger charge is -2.42. The monoisotopic (exact) mass is 667 g/mol. The first-order valence-electron chi connectivity index (χ1n) is 14.4. The standard InChI is InChI=1S/C34H30BrN5O5/c35-24-10-8-23(9-11-24)30(22-4-2-1-3-5-22)32(41)29-19-18-28-31(39(29)37-25-12-16-27(17-13-25)40(44)45)34(43)38(33(28)42)26-14-6-21(20-36)7-15-26/h1-19,28-32,37,41H,20,36H2/t28?,29?,30?,31-,32+/m0/s1. The number of non-ortho nitro benzene ring substituents is 1. The Morgan fingerprint density at radius 2 is 1.51 bits per heavy atom. The van der Waals surface area contributed by atoms with Crippen LogP contribution < -0.4 is 16.1 Å². The lowest BCUT2D eigenvalue weighted by atomic mass is 9.81. The molecule has 2 heterocycles. The fourth-order valence-corrected chi connectivity index (χ4v) is 6.31. The van der Waals surface area contributed by atoms with Crippen molar-refractivity contribution in [1.29, 1.82) is 0 Å². The molecule has 1 saturated heterocycles. The molecule has 6 rings (SSSR count). The van der Waals surface area contributed by atoms with Gasteiger partial charge in [-0.05, 0) is 53.1 Å². The van der Waals surface area contributed by atoms with E-state index in [2.05, 4.69) is 21.4 Å². The number of nitrogens with zero attached hydrogens (tertiary/aromatic N) is 3. The number of imide groups is 1. The number of carbonyl (C=O) groups is 2. The Kier molecular flexibility index (Phi) is 8.59. The fraction of sp³-hybridized carbons (Fsp3) is 0.176. The van der Waals surface area contributed by atoms with Gasteiger partial charge in [0.2, 0.25) is 5.91 Å². The minimum Gasteiger partial charge on any atom is -0.390 e. The van der Waals surface area contributed by atoms with Crippen molar-refractivity contribution in [2.24, 2.45) is 11.7 Å². The van der Waals surface area contributed by atoms with Gasteiger partial charge in [0.1, 0.15) is 6.04 Å². The van der Waals surface area contributed by atoms with E-state index in [-0.39, 0.29) is 5.69 Å². The predicted octanol–water partition coefficient (Wildman–Crippen LogP) is 5.13. The second kappa shape index (κ2) is 12.7. The van der Waals surface area contributed by atoms with E-state index in [1.54, 1.807) is 41.4 Å². The predicted molar refractivity (Wildman–Crippen MR) is 174 cm³/mol. The van der Waals surface area contributed by atoms with Gasteiger partial charge >= 0.3 is 0 Å². The van der Waals surface area contributed by atoms with Gasteiger partial charge in [-0.15, -0.1) is 0 Å². The summed E-state index contributed by atoms with van der Waals surface area (Å²) in [6.45, 7) is 0.323. The number of amides is 2. The highest BCUT2D eigenvalue weighted by molar-refractivity contribution is 9.10. The van der Waals surface area contributed by atoms with Crippen LogP contribution in [-0.2, 0) is 16.1 Å². The fourth-order valence-electron chi connectivity index (χ4n) is 6.05. The highest BCUT2D eigenvalue weighted by Gasteiger charge is 2.54. The van der Waals surface area contributed by atoms with Crippen LogP contribution in [-0.4, -0.2) is 45.0 Å². The molecule has 0 bridgehead atoms.